The first-order chi connectivity index (χ1) is 12.2. The fourth-order valence-electron chi connectivity index (χ4n) is 2.23. The van der Waals surface area contributed by atoms with Crippen molar-refractivity contribution in [3.8, 4) is 11.5 Å². The number of para-hydroxylation sites is 1. The van der Waals surface area contributed by atoms with Crippen molar-refractivity contribution < 1.29 is 14.2 Å². The maximum Gasteiger partial charge on any atom is 0.193 e. The molecule has 0 unspecified atom stereocenters. The van der Waals surface area contributed by atoms with Gasteiger partial charge in [-0.3, -0.25) is 4.99 Å². The molecule has 2 aromatic rings. The first kappa shape index (κ1) is 22.0. The van der Waals surface area contributed by atoms with Gasteiger partial charge in [0.15, 0.2) is 5.96 Å². The number of nitrogens with two attached hydrogens (primary N) is 1. The van der Waals surface area contributed by atoms with E-state index in [4.69, 9.17) is 19.9 Å². The van der Waals surface area contributed by atoms with E-state index in [1.165, 1.54) is 0 Å². The Labute approximate surface area is 171 Å². The Kier molecular flexibility index (Phi) is 10.5. The van der Waals surface area contributed by atoms with Gasteiger partial charge in [0.05, 0.1) is 20.3 Å². The lowest BCUT2D eigenvalue weighted by atomic mass is 10.2. The van der Waals surface area contributed by atoms with Crippen LogP contribution in [0.5, 0.6) is 11.5 Å². The standard InChI is InChI=1S/C19H25N3O3.HI/c1-23-14-15-6-3-4-7-18(15)22-19(20)21-12-5-13-25-17-10-8-16(24-2)9-11-17;/h3-4,6-11H,5,12-14H2,1-2H3,(H3,20,21,22);1H. The molecule has 6 nitrogen and oxygen atoms in total. The summed E-state index contributed by atoms with van der Waals surface area (Å²) in [6, 6.07) is 15.3. The van der Waals surface area contributed by atoms with Crippen molar-refractivity contribution >= 4 is 35.6 Å². The summed E-state index contributed by atoms with van der Waals surface area (Å²) >= 11 is 0. The predicted molar refractivity (Wildman–Crippen MR) is 116 cm³/mol. The molecule has 0 amide bonds. The smallest absolute Gasteiger partial charge is 0.193 e. The van der Waals surface area contributed by atoms with Crippen molar-refractivity contribution in [1.82, 2.24) is 0 Å². The molecule has 0 aromatic heterocycles. The van der Waals surface area contributed by atoms with Gasteiger partial charge in [-0.1, -0.05) is 18.2 Å². The van der Waals surface area contributed by atoms with Crippen LogP contribution in [0, 0.1) is 0 Å². The molecular formula is C19H26IN3O3. The van der Waals surface area contributed by atoms with Crippen LogP contribution < -0.4 is 20.5 Å². The van der Waals surface area contributed by atoms with Gasteiger partial charge in [0.25, 0.3) is 0 Å². The third kappa shape index (κ3) is 7.49. The van der Waals surface area contributed by atoms with Crippen molar-refractivity contribution in [2.45, 2.75) is 13.0 Å². The number of ether oxygens (including phenoxy) is 3. The minimum atomic E-state index is 0. The number of halogens is 1. The van der Waals surface area contributed by atoms with Gasteiger partial charge in [0.1, 0.15) is 11.5 Å². The summed E-state index contributed by atoms with van der Waals surface area (Å²) in [6.07, 6.45) is 0.772. The lowest BCUT2D eigenvalue weighted by Crippen LogP contribution is -2.23. The maximum atomic E-state index is 5.94. The van der Waals surface area contributed by atoms with Gasteiger partial charge in [0.2, 0.25) is 0 Å². The molecule has 0 radical (unpaired) electrons. The molecule has 0 aliphatic carbocycles. The van der Waals surface area contributed by atoms with Crippen LogP contribution in [0.25, 0.3) is 0 Å². The van der Waals surface area contributed by atoms with Crippen LogP contribution in [0.1, 0.15) is 12.0 Å². The first-order valence-corrected chi connectivity index (χ1v) is 8.13. The zero-order chi connectivity index (χ0) is 17.9. The summed E-state index contributed by atoms with van der Waals surface area (Å²) in [5.41, 5.74) is 7.88. The van der Waals surface area contributed by atoms with E-state index in [0.717, 1.165) is 29.2 Å². The highest BCUT2D eigenvalue weighted by molar-refractivity contribution is 14.0. The van der Waals surface area contributed by atoms with Crippen LogP contribution in [-0.2, 0) is 11.3 Å². The third-order valence-electron chi connectivity index (χ3n) is 3.49. The molecule has 2 aromatic carbocycles. The van der Waals surface area contributed by atoms with Gasteiger partial charge < -0.3 is 25.3 Å². The van der Waals surface area contributed by atoms with E-state index in [-0.39, 0.29) is 24.0 Å². The van der Waals surface area contributed by atoms with Crippen LogP contribution in [-0.4, -0.2) is 33.3 Å². The topological polar surface area (TPSA) is 78.1 Å². The Morgan fingerprint density at radius 3 is 2.42 bits per heavy atom. The SMILES string of the molecule is COCc1ccccc1NC(N)=NCCCOc1ccc(OC)cc1.I. The van der Waals surface area contributed by atoms with Crippen molar-refractivity contribution in [1.29, 1.82) is 0 Å². The number of benzene rings is 2. The number of hydrogen-bond donors (Lipinski definition) is 2. The van der Waals surface area contributed by atoms with E-state index in [9.17, 15) is 0 Å². The molecule has 0 fully saturated rings. The molecule has 0 saturated heterocycles. The Balaban J connectivity index is 0.00000338. The van der Waals surface area contributed by atoms with Crippen LogP contribution in [0.3, 0.4) is 0 Å². The van der Waals surface area contributed by atoms with Crippen LogP contribution in [0.4, 0.5) is 5.69 Å². The Morgan fingerprint density at radius 2 is 1.73 bits per heavy atom. The molecule has 0 heterocycles. The number of hydrogen-bond acceptors (Lipinski definition) is 4. The summed E-state index contributed by atoms with van der Waals surface area (Å²) < 4.78 is 15.9. The van der Waals surface area contributed by atoms with E-state index in [1.54, 1.807) is 14.2 Å². The van der Waals surface area contributed by atoms with Crippen LogP contribution in [0.2, 0.25) is 0 Å². The highest BCUT2D eigenvalue weighted by Crippen LogP contribution is 2.17. The molecule has 0 saturated carbocycles. The lowest BCUT2D eigenvalue weighted by Gasteiger charge is -2.11. The van der Waals surface area contributed by atoms with Crippen LogP contribution >= 0.6 is 24.0 Å². The van der Waals surface area contributed by atoms with E-state index in [2.05, 4.69) is 10.3 Å². The number of guanidine groups is 1. The second-order valence-electron chi connectivity index (χ2n) is 5.36. The average molecular weight is 471 g/mol. The molecule has 0 bridgehead atoms. The Hall–Kier alpha value is -2.00. The van der Waals surface area contributed by atoms with Crippen molar-refractivity contribution in [2.24, 2.45) is 10.7 Å². The second-order valence-corrected chi connectivity index (χ2v) is 5.36. The van der Waals surface area contributed by atoms with E-state index >= 15 is 0 Å². The molecule has 0 aliphatic heterocycles. The van der Waals surface area contributed by atoms with Gasteiger partial charge in [-0.25, -0.2) is 0 Å². The van der Waals surface area contributed by atoms with E-state index < -0.39 is 0 Å². The largest absolute Gasteiger partial charge is 0.497 e. The average Bonchev–Trinajstić information content (AvgIpc) is 2.64. The van der Waals surface area contributed by atoms with Gasteiger partial charge in [0, 0.05) is 31.3 Å². The fraction of sp³-hybridized carbons (Fsp3) is 0.316. The number of rotatable bonds is 9. The monoisotopic (exact) mass is 471 g/mol. The molecule has 142 valence electrons. The quantitative estimate of drug-likeness (QED) is 0.253. The fourth-order valence-corrected chi connectivity index (χ4v) is 2.23. The highest BCUT2D eigenvalue weighted by atomic mass is 127. The van der Waals surface area contributed by atoms with Gasteiger partial charge in [-0.15, -0.1) is 24.0 Å². The molecule has 0 atom stereocenters. The molecule has 3 N–H and O–H groups in total. The summed E-state index contributed by atoms with van der Waals surface area (Å²) in [5, 5.41) is 3.11. The number of methoxy groups -OCH3 is 2. The minimum Gasteiger partial charge on any atom is -0.497 e. The lowest BCUT2D eigenvalue weighted by molar-refractivity contribution is 0.185. The predicted octanol–water partition coefficient (Wildman–Crippen LogP) is 3.66. The summed E-state index contributed by atoms with van der Waals surface area (Å²) in [6.45, 7) is 1.68. The van der Waals surface area contributed by atoms with E-state index in [0.29, 0.717) is 25.7 Å². The molecule has 26 heavy (non-hydrogen) atoms. The summed E-state index contributed by atoms with van der Waals surface area (Å²) in [4.78, 5) is 4.32. The molecule has 7 heteroatoms. The molecule has 0 spiro atoms. The second kappa shape index (κ2) is 12.4. The van der Waals surface area contributed by atoms with Crippen molar-refractivity contribution in [3.05, 3.63) is 54.1 Å². The normalized spacial score (nSPS) is 10.8. The Bertz CT molecular complexity index is 678. The zero-order valence-corrected chi connectivity index (χ0v) is 17.4. The molecule has 0 aliphatic rings. The van der Waals surface area contributed by atoms with Crippen molar-refractivity contribution in [3.63, 3.8) is 0 Å². The van der Waals surface area contributed by atoms with Crippen molar-refractivity contribution in [2.75, 3.05) is 32.7 Å². The number of nitrogens with zero attached hydrogens (tertiary/aromatic N) is 1. The number of anilines is 1. The van der Waals surface area contributed by atoms with E-state index in [1.807, 2.05) is 48.5 Å². The maximum absolute atomic E-state index is 5.94. The van der Waals surface area contributed by atoms with Gasteiger partial charge in [-0.05, 0) is 30.3 Å². The number of nitrogens with one attached hydrogen (secondary N) is 1. The summed E-state index contributed by atoms with van der Waals surface area (Å²) in [7, 11) is 3.30. The molecule has 2 rings (SSSR count). The highest BCUT2D eigenvalue weighted by Gasteiger charge is 2.02. The first-order valence-electron chi connectivity index (χ1n) is 8.13. The number of aliphatic imine (C=N–C) groups is 1. The zero-order valence-electron chi connectivity index (χ0n) is 15.1. The third-order valence-corrected chi connectivity index (χ3v) is 3.49. The van der Waals surface area contributed by atoms with Crippen LogP contribution in [0.15, 0.2) is 53.5 Å². The van der Waals surface area contributed by atoms with Gasteiger partial charge >= 0.3 is 0 Å². The molecular weight excluding hydrogens is 445 g/mol. The Morgan fingerprint density at radius 1 is 1.04 bits per heavy atom. The minimum absolute atomic E-state index is 0. The summed E-state index contributed by atoms with van der Waals surface area (Å²) in [5.74, 6) is 2.00. The van der Waals surface area contributed by atoms with Gasteiger partial charge in [-0.2, -0.15) is 0 Å².